The number of anilines is 6. The van der Waals surface area contributed by atoms with Gasteiger partial charge in [0.15, 0.2) is 0 Å². The zero-order valence-corrected chi connectivity index (χ0v) is 70.7. The highest BCUT2D eigenvalue weighted by Gasteiger charge is 2.47. The number of aryl methyl sites for hydroxylation is 2. The van der Waals surface area contributed by atoms with Gasteiger partial charge >= 0.3 is 0 Å². The minimum Gasteiger partial charge on any atom is -0.310 e. The number of nitrogens with zero attached hydrogens (tertiary/aromatic N) is 2. The second-order valence-corrected chi connectivity index (χ2v) is 35.3. The van der Waals surface area contributed by atoms with Gasteiger partial charge in [0.1, 0.15) is 0 Å². The molecule has 0 bridgehead atoms. The van der Waals surface area contributed by atoms with Gasteiger partial charge in [-0.15, -0.1) is 0 Å². The van der Waals surface area contributed by atoms with Crippen molar-refractivity contribution in [2.75, 3.05) is 9.80 Å². The van der Waals surface area contributed by atoms with E-state index < -0.39 is 10.8 Å². The summed E-state index contributed by atoms with van der Waals surface area (Å²) in [5.41, 5.74) is 38.8. The lowest BCUT2D eigenvalue weighted by Gasteiger charge is -2.35. The first-order valence-electron chi connectivity index (χ1n) is 43.4. The predicted molar refractivity (Wildman–Crippen MR) is 510 cm³/mol. The summed E-state index contributed by atoms with van der Waals surface area (Å²) in [4.78, 5) is 5.00. The first kappa shape index (κ1) is 78.9. The van der Waals surface area contributed by atoms with E-state index in [0.29, 0.717) is 0 Å². The van der Waals surface area contributed by atoms with Crippen LogP contribution < -0.4 is 9.80 Å². The SMILES string of the molecule is C=Cc1ccc(CC2(c3ccc(C(C)(C)C)cc3)c3ccccc3-c3ccc(N(c4ccc(-c5ccccc5)cc4)c4ccc(-c5cc(CCCCCC)c(-c6ccc(N(c7ccc(-c8ccccc8)cc7)c7ccc8c(c7)C(Cc7ccc(C=C)cc7)(c7ccc(C(C)(C)C)cc7)c7ccccc7-8)cc6)cc5CCCCC)cc4)cc32)cc1. The molecule has 15 aromatic carbocycles. The van der Waals surface area contributed by atoms with Crippen LogP contribution in [0.2, 0.25) is 0 Å². The fourth-order valence-electron chi connectivity index (χ4n) is 19.2. The van der Waals surface area contributed by atoms with Gasteiger partial charge in [-0.05, 0) is 267 Å². The number of hydrogen-bond acceptors (Lipinski definition) is 2. The Bertz CT molecular complexity index is 6080. The summed E-state index contributed by atoms with van der Waals surface area (Å²) in [5, 5.41) is 0. The summed E-state index contributed by atoms with van der Waals surface area (Å²) in [6, 6.07) is 135. The van der Waals surface area contributed by atoms with E-state index in [-0.39, 0.29) is 10.8 Å². The molecule has 0 aromatic heterocycles. The summed E-state index contributed by atoms with van der Waals surface area (Å²) >= 11 is 0. The van der Waals surface area contributed by atoms with Crippen LogP contribution in [0.1, 0.15) is 178 Å². The monoisotopic (exact) mass is 1540 g/mol. The van der Waals surface area contributed by atoms with Crippen molar-refractivity contribution in [2.45, 2.75) is 148 Å². The van der Waals surface area contributed by atoms with Gasteiger partial charge in [-0.2, -0.15) is 0 Å². The van der Waals surface area contributed by atoms with Crippen LogP contribution in [-0.4, -0.2) is 0 Å². The Kier molecular flexibility index (Phi) is 22.4. The second-order valence-electron chi connectivity index (χ2n) is 35.3. The Labute approximate surface area is 708 Å². The molecule has 119 heavy (non-hydrogen) atoms. The normalized spacial score (nSPS) is 14.6. The zero-order valence-electron chi connectivity index (χ0n) is 70.7. The third-order valence-electron chi connectivity index (χ3n) is 25.7. The lowest BCUT2D eigenvalue weighted by Crippen LogP contribution is -2.30. The molecule has 0 amide bonds. The van der Waals surface area contributed by atoms with Gasteiger partial charge in [-0.25, -0.2) is 0 Å². The number of fused-ring (bicyclic) bond motifs is 6. The van der Waals surface area contributed by atoms with Crippen molar-refractivity contribution in [3.8, 4) is 66.8 Å². The predicted octanol–water partition coefficient (Wildman–Crippen LogP) is 32.1. The number of benzene rings is 15. The van der Waals surface area contributed by atoms with Crippen LogP contribution in [0.3, 0.4) is 0 Å². The zero-order chi connectivity index (χ0) is 81.8. The topological polar surface area (TPSA) is 6.48 Å². The van der Waals surface area contributed by atoms with Crippen molar-refractivity contribution >= 4 is 46.3 Å². The van der Waals surface area contributed by atoms with Crippen LogP contribution >= 0.6 is 0 Å². The van der Waals surface area contributed by atoms with Crippen molar-refractivity contribution in [3.05, 3.63) is 443 Å². The van der Waals surface area contributed by atoms with Gasteiger partial charge in [0.05, 0.1) is 10.8 Å². The van der Waals surface area contributed by atoms with Crippen molar-refractivity contribution in [1.82, 2.24) is 0 Å². The average molecular weight is 1540 g/mol. The molecule has 15 aromatic rings. The van der Waals surface area contributed by atoms with Crippen LogP contribution in [0.15, 0.2) is 365 Å². The molecular weight excluding hydrogens is 1430 g/mol. The standard InChI is InChI=1S/C117H110N2/c1-11-15-17-21-35-93-77-108(90-52-68-100(69-53-90)118(98-64-48-88(49-65-98)86-30-22-18-23-31-86)102-72-74-106-104-36-26-28-38-110(104)116(112(106)78-102,80-84-44-40-82(13-3)41-45-84)96-60-56-94(57-61-96)114(5,6)7)92(34-20-16-12-2)76-109(93)91-54-70-101(71-55-91)119(99-66-50-89(51-67-99)87-32-24-19-25-33-87)103-73-75-107-105-37-27-29-39-111(105)117(113(107)79-103,81-85-46-42-83(14-4)43-47-85)97-62-58-95(59-63-97)115(8,9)10/h13-14,18-19,22-33,36-79H,3-4,11-12,15-17,20-21,34-35,80-81H2,1-2,5-10H3. The van der Waals surface area contributed by atoms with E-state index in [1.54, 1.807) is 0 Å². The minimum atomic E-state index is -0.500. The van der Waals surface area contributed by atoms with Gasteiger partial charge in [0.2, 0.25) is 0 Å². The molecule has 2 aliphatic carbocycles. The Morgan fingerprint density at radius 1 is 0.269 bits per heavy atom. The fraction of sp³-hybridized carbons (Fsp3) is 0.197. The Balaban J connectivity index is 0.781. The van der Waals surface area contributed by atoms with Crippen LogP contribution in [-0.2, 0) is 47.3 Å². The van der Waals surface area contributed by atoms with Crippen LogP contribution in [0.4, 0.5) is 34.1 Å². The van der Waals surface area contributed by atoms with E-state index in [4.69, 9.17) is 0 Å². The van der Waals surface area contributed by atoms with E-state index in [2.05, 4.69) is 430 Å². The molecule has 0 N–H and O–H groups in total. The molecule has 2 atom stereocenters. The summed E-state index contributed by atoms with van der Waals surface area (Å²) in [7, 11) is 0. The molecule has 0 heterocycles. The highest BCUT2D eigenvalue weighted by atomic mass is 15.1. The van der Waals surface area contributed by atoms with Crippen LogP contribution in [0.5, 0.6) is 0 Å². The third kappa shape index (κ3) is 15.6. The highest BCUT2D eigenvalue weighted by molar-refractivity contribution is 5.92. The summed E-state index contributed by atoms with van der Waals surface area (Å²) in [6.45, 7) is 26.8. The van der Waals surface area contributed by atoms with Gasteiger partial charge in [-0.1, -0.05) is 392 Å². The number of hydrogen-bond donors (Lipinski definition) is 0. The molecule has 2 unspecified atom stereocenters. The van der Waals surface area contributed by atoms with E-state index in [9.17, 15) is 0 Å². The quantitative estimate of drug-likeness (QED) is 0.0474. The number of unbranched alkanes of at least 4 members (excludes halogenated alkanes) is 5. The third-order valence-corrected chi connectivity index (χ3v) is 25.7. The van der Waals surface area contributed by atoms with E-state index in [0.717, 1.165) is 90.2 Å². The maximum absolute atomic E-state index is 4.13. The first-order chi connectivity index (χ1) is 58.0. The molecule has 0 aliphatic heterocycles. The van der Waals surface area contributed by atoms with Gasteiger partial charge < -0.3 is 9.80 Å². The maximum atomic E-state index is 4.13. The molecule has 2 aliphatic rings. The first-order valence-corrected chi connectivity index (χ1v) is 43.4. The molecule has 0 spiro atoms. The van der Waals surface area contributed by atoms with Crippen molar-refractivity contribution in [1.29, 1.82) is 0 Å². The van der Waals surface area contributed by atoms with Crippen LogP contribution in [0, 0.1) is 0 Å². The molecule has 2 nitrogen and oxygen atoms in total. The highest BCUT2D eigenvalue weighted by Crippen LogP contribution is 2.59. The molecule has 588 valence electrons. The summed E-state index contributed by atoms with van der Waals surface area (Å²) in [6.07, 6.45) is 15.6. The summed E-state index contributed by atoms with van der Waals surface area (Å²) < 4.78 is 0. The molecular formula is C117H110N2. The van der Waals surface area contributed by atoms with E-state index in [1.807, 2.05) is 12.2 Å². The van der Waals surface area contributed by atoms with Crippen molar-refractivity contribution in [2.24, 2.45) is 0 Å². The largest absolute Gasteiger partial charge is 0.310 e. The van der Waals surface area contributed by atoms with E-state index in [1.165, 1.54) is 159 Å². The van der Waals surface area contributed by atoms with Gasteiger partial charge in [0.25, 0.3) is 0 Å². The Morgan fingerprint density at radius 3 is 0.933 bits per heavy atom. The molecule has 0 radical (unpaired) electrons. The molecule has 0 saturated carbocycles. The van der Waals surface area contributed by atoms with E-state index >= 15 is 0 Å². The lowest BCUT2D eigenvalue weighted by atomic mass is 9.68. The molecule has 2 heteroatoms. The molecule has 17 rings (SSSR count). The summed E-state index contributed by atoms with van der Waals surface area (Å²) in [5.74, 6) is 0. The second kappa shape index (κ2) is 33.8. The maximum Gasteiger partial charge on any atom is 0.0504 e. The fourth-order valence-corrected chi connectivity index (χ4v) is 19.2. The van der Waals surface area contributed by atoms with Gasteiger partial charge in [-0.3, -0.25) is 0 Å². The smallest absolute Gasteiger partial charge is 0.0504 e. The van der Waals surface area contributed by atoms with Crippen molar-refractivity contribution < 1.29 is 0 Å². The Morgan fingerprint density at radius 2 is 0.580 bits per heavy atom. The minimum absolute atomic E-state index is 0.00295. The van der Waals surface area contributed by atoms with Gasteiger partial charge in [0, 0.05) is 34.1 Å². The average Bonchev–Trinajstić information content (AvgIpc) is 1.56. The van der Waals surface area contributed by atoms with Crippen molar-refractivity contribution in [3.63, 3.8) is 0 Å². The molecule has 0 saturated heterocycles. The lowest BCUT2D eigenvalue weighted by molar-refractivity contribution is 0.586. The van der Waals surface area contributed by atoms with Crippen LogP contribution in [0.25, 0.3) is 78.9 Å². The Hall–Kier alpha value is -12.6. The molecule has 0 fully saturated rings. The number of rotatable bonds is 27.